The van der Waals surface area contributed by atoms with Gasteiger partial charge in [-0.15, -0.1) is 0 Å². The van der Waals surface area contributed by atoms with Gasteiger partial charge in [0.05, 0.1) is 0 Å². The van der Waals surface area contributed by atoms with E-state index in [2.05, 4.69) is 11.9 Å². The fraction of sp³-hybridized carbons (Fsp3) is 0.417. The van der Waals surface area contributed by atoms with Crippen molar-refractivity contribution < 1.29 is 9.90 Å². The molecule has 0 fully saturated rings. The predicted octanol–water partition coefficient (Wildman–Crippen LogP) is 0.848. The fourth-order valence-electron chi connectivity index (χ4n) is 0.897. The Labute approximate surface area is 96.5 Å². The molecule has 0 aliphatic carbocycles. The van der Waals surface area contributed by atoms with Crippen molar-refractivity contribution in [1.29, 1.82) is 0 Å². The highest BCUT2D eigenvalue weighted by molar-refractivity contribution is 5.96. The SMILES string of the molecule is C=C/C(=C\C=C(/C)[C@@H](N)O)C(=O)NCCC. The number of aliphatic hydroxyl groups excluding tert-OH is 1. The van der Waals surface area contributed by atoms with Crippen molar-refractivity contribution in [1.82, 2.24) is 5.32 Å². The Bertz CT molecular complexity index is 304. The quantitative estimate of drug-likeness (QED) is 0.355. The molecule has 90 valence electrons. The monoisotopic (exact) mass is 224 g/mol. The van der Waals surface area contributed by atoms with Crippen LogP contribution in [0.15, 0.2) is 36.0 Å². The van der Waals surface area contributed by atoms with Gasteiger partial charge < -0.3 is 16.2 Å². The van der Waals surface area contributed by atoms with E-state index in [0.717, 1.165) is 6.42 Å². The summed E-state index contributed by atoms with van der Waals surface area (Å²) in [6, 6.07) is 0. The minimum Gasteiger partial charge on any atom is -0.375 e. The van der Waals surface area contributed by atoms with Crippen LogP contribution in [0.25, 0.3) is 0 Å². The molecule has 0 radical (unpaired) electrons. The third kappa shape index (κ3) is 5.48. The molecule has 0 saturated carbocycles. The molecular formula is C12H20N2O2. The van der Waals surface area contributed by atoms with E-state index in [1.807, 2.05) is 6.92 Å². The number of hydrogen-bond donors (Lipinski definition) is 3. The summed E-state index contributed by atoms with van der Waals surface area (Å²) >= 11 is 0. The lowest BCUT2D eigenvalue weighted by Crippen LogP contribution is -2.25. The van der Waals surface area contributed by atoms with Crippen LogP contribution in [-0.4, -0.2) is 23.8 Å². The number of aliphatic hydroxyl groups is 1. The zero-order valence-corrected chi connectivity index (χ0v) is 9.86. The molecule has 4 N–H and O–H groups in total. The topological polar surface area (TPSA) is 75.3 Å². The first-order valence-electron chi connectivity index (χ1n) is 5.25. The van der Waals surface area contributed by atoms with E-state index in [1.165, 1.54) is 6.08 Å². The number of carbonyl (C=O) groups excluding carboxylic acids is 1. The molecule has 0 rings (SSSR count). The Hall–Kier alpha value is -1.39. The summed E-state index contributed by atoms with van der Waals surface area (Å²) in [6.07, 6.45) is 4.54. The Kier molecular flexibility index (Phi) is 7.16. The Morgan fingerprint density at radius 2 is 2.19 bits per heavy atom. The van der Waals surface area contributed by atoms with Gasteiger partial charge in [0.25, 0.3) is 5.91 Å². The lowest BCUT2D eigenvalue weighted by Gasteiger charge is -2.04. The number of amides is 1. The molecule has 1 atom stereocenters. The second-order valence-electron chi connectivity index (χ2n) is 3.44. The van der Waals surface area contributed by atoms with Gasteiger partial charge in [0.15, 0.2) is 0 Å². The highest BCUT2D eigenvalue weighted by Crippen LogP contribution is 2.01. The van der Waals surface area contributed by atoms with E-state index in [-0.39, 0.29) is 5.91 Å². The highest BCUT2D eigenvalue weighted by Gasteiger charge is 2.03. The van der Waals surface area contributed by atoms with Gasteiger partial charge in [-0.3, -0.25) is 4.79 Å². The molecule has 0 spiro atoms. The van der Waals surface area contributed by atoms with Gasteiger partial charge in [0, 0.05) is 12.1 Å². The van der Waals surface area contributed by atoms with Crippen LogP contribution < -0.4 is 11.1 Å². The third-order valence-corrected chi connectivity index (χ3v) is 2.01. The third-order valence-electron chi connectivity index (χ3n) is 2.01. The van der Waals surface area contributed by atoms with Gasteiger partial charge >= 0.3 is 0 Å². The first kappa shape index (κ1) is 14.6. The summed E-state index contributed by atoms with van der Waals surface area (Å²) in [6.45, 7) is 7.86. The van der Waals surface area contributed by atoms with E-state index in [4.69, 9.17) is 10.8 Å². The van der Waals surface area contributed by atoms with E-state index < -0.39 is 6.23 Å². The molecule has 4 nitrogen and oxygen atoms in total. The fourth-order valence-corrected chi connectivity index (χ4v) is 0.897. The van der Waals surface area contributed by atoms with Crippen LogP contribution >= 0.6 is 0 Å². The first-order valence-corrected chi connectivity index (χ1v) is 5.25. The van der Waals surface area contributed by atoms with Gasteiger partial charge in [-0.2, -0.15) is 0 Å². The van der Waals surface area contributed by atoms with Crippen LogP contribution in [0.4, 0.5) is 0 Å². The summed E-state index contributed by atoms with van der Waals surface area (Å²) < 4.78 is 0. The molecular weight excluding hydrogens is 204 g/mol. The summed E-state index contributed by atoms with van der Waals surface area (Å²) in [7, 11) is 0. The van der Waals surface area contributed by atoms with E-state index >= 15 is 0 Å². The van der Waals surface area contributed by atoms with Crippen molar-refractivity contribution in [2.24, 2.45) is 5.73 Å². The van der Waals surface area contributed by atoms with Crippen molar-refractivity contribution in [3.63, 3.8) is 0 Å². The largest absolute Gasteiger partial charge is 0.375 e. The minimum absolute atomic E-state index is 0.174. The van der Waals surface area contributed by atoms with E-state index in [0.29, 0.717) is 17.7 Å². The van der Waals surface area contributed by atoms with Crippen molar-refractivity contribution >= 4 is 5.91 Å². The second kappa shape index (κ2) is 7.84. The first-order chi connectivity index (χ1) is 7.52. The Morgan fingerprint density at radius 3 is 2.62 bits per heavy atom. The van der Waals surface area contributed by atoms with Crippen LogP contribution in [0.5, 0.6) is 0 Å². The predicted molar refractivity (Wildman–Crippen MR) is 65.5 cm³/mol. The van der Waals surface area contributed by atoms with Crippen molar-refractivity contribution in [2.75, 3.05) is 6.54 Å². The van der Waals surface area contributed by atoms with Crippen LogP contribution in [0.2, 0.25) is 0 Å². The van der Waals surface area contributed by atoms with Gasteiger partial charge in [0.2, 0.25) is 0 Å². The maximum atomic E-state index is 11.5. The Morgan fingerprint density at radius 1 is 1.56 bits per heavy atom. The van der Waals surface area contributed by atoms with Gasteiger partial charge in [-0.25, -0.2) is 0 Å². The van der Waals surface area contributed by atoms with Gasteiger partial charge in [-0.1, -0.05) is 25.7 Å². The molecule has 0 saturated heterocycles. The standard InChI is InChI=1S/C12H20N2O2/c1-4-8-14-12(16)10(5-2)7-6-9(3)11(13)15/h5-7,11,15H,2,4,8,13H2,1,3H3,(H,14,16)/b9-6+,10-7+/t11-/m0/s1. The van der Waals surface area contributed by atoms with Crippen molar-refractivity contribution in [3.05, 3.63) is 36.0 Å². The lowest BCUT2D eigenvalue weighted by molar-refractivity contribution is -0.117. The number of carbonyl (C=O) groups is 1. The molecule has 16 heavy (non-hydrogen) atoms. The Balaban J connectivity index is 4.60. The van der Waals surface area contributed by atoms with Crippen LogP contribution in [0, 0.1) is 0 Å². The van der Waals surface area contributed by atoms with Crippen LogP contribution in [-0.2, 0) is 4.79 Å². The maximum Gasteiger partial charge on any atom is 0.251 e. The smallest absolute Gasteiger partial charge is 0.251 e. The molecule has 4 heteroatoms. The number of hydrogen-bond acceptors (Lipinski definition) is 3. The molecule has 0 aromatic carbocycles. The molecule has 0 aliphatic rings. The molecule has 1 amide bonds. The second-order valence-corrected chi connectivity index (χ2v) is 3.44. The zero-order chi connectivity index (χ0) is 12.6. The summed E-state index contributed by atoms with van der Waals surface area (Å²) in [5.41, 5.74) is 6.29. The summed E-state index contributed by atoms with van der Waals surface area (Å²) in [5.74, 6) is -0.174. The number of nitrogens with one attached hydrogen (secondary N) is 1. The zero-order valence-electron chi connectivity index (χ0n) is 9.86. The molecule has 0 unspecified atom stereocenters. The van der Waals surface area contributed by atoms with Gasteiger partial charge in [-0.05, 0) is 25.0 Å². The average molecular weight is 224 g/mol. The molecule has 0 aliphatic heterocycles. The molecule has 0 aromatic heterocycles. The number of rotatable bonds is 6. The van der Waals surface area contributed by atoms with Crippen molar-refractivity contribution in [2.45, 2.75) is 26.5 Å². The minimum atomic E-state index is -0.999. The van der Waals surface area contributed by atoms with Crippen molar-refractivity contribution in [3.8, 4) is 0 Å². The summed E-state index contributed by atoms with van der Waals surface area (Å²) in [5, 5.41) is 11.8. The van der Waals surface area contributed by atoms with E-state index in [1.54, 1.807) is 19.1 Å². The molecule has 0 heterocycles. The van der Waals surface area contributed by atoms with Gasteiger partial charge in [0.1, 0.15) is 6.23 Å². The van der Waals surface area contributed by atoms with E-state index in [9.17, 15) is 4.79 Å². The van der Waals surface area contributed by atoms with Crippen LogP contribution in [0.1, 0.15) is 20.3 Å². The summed E-state index contributed by atoms with van der Waals surface area (Å²) in [4.78, 5) is 11.5. The lowest BCUT2D eigenvalue weighted by atomic mass is 10.1. The molecule has 0 bridgehead atoms. The highest BCUT2D eigenvalue weighted by atomic mass is 16.3. The number of allylic oxidation sites excluding steroid dienone is 2. The number of nitrogens with two attached hydrogens (primary N) is 1. The maximum absolute atomic E-state index is 11.5. The van der Waals surface area contributed by atoms with Crippen LogP contribution in [0.3, 0.4) is 0 Å². The normalized spacial score (nSPS) is 14.5. The average Bonchev–Trinajstić information content (AvgIpc) is 2.26. The molecule has 0 aromatic rings.